The first-order valence-electron chi connectivity index (χ1n) is 6.81. The van der Waals surface area contributed by atoms with Gasteiger partial charge in [-0.2, -0.15) is 0 Å². The van der Waals surface area contributed by atoms with Gasteiger partial charge >= 0.3 is 0 Å². The fourth-order valence-electron chi connectivity index (χ4n) is 2.91. The van der Waals surface area contributed by atoms with Crippen LogP contribution in [0, 0.1) is 11.7 Å². The van der Waals surface area contributed by atoms with Crippen molar-refractivity contribution in [2.45, 2.75) is 38.7 Å². The number of halogens is 1. The predicted octanol–water partition coefficient (Wildman–Crippen LogP) is 3.33. The Labute approximate surface area is 108 Å². The second-order valence-electron chi connectivity index (χ2n) is 5.32. The van der Waals surface area contributed by atoms with Gasteiger partial charge in [-0.15, -0.1) is 0 Å². The summed E-state index contributed by atoms with van der Waals surface area (Å²) in [5.41, 5.74) is 1.62. The van der Waals surface area contributed by atoms with Crippen molar-refractivity contribution in [1.82, 2.24) is 0 Å². The van der Waals surface area contributed by atoms with E-state index in [0.717, 1.165) is 18.2 Å². The molecule has 100 valence electrons. The molecule has 1 aromatic carbocycles. The maximum Gasteiger partial charge on any atom is 0.123 e. The number of hydrogen-bond donors (Lipinski definition) is 1. The summed E-state index contributed by atoms with van der Waals surface area (Å²) in [6.07, 6.45) is 6.60. The molecule has 3 heteroatoms. The average Bonchev–Trinajstić information content (AvgIpc) is 2.39. The van der Waals surface area contributed by atoms with Gasteiger partial charge in [0.2, 0.25) is 0 Å². The maximum absolute atomic E-state index is 13.1. The van der Waals surface area contributed by atoms with E-state index in [1.54, 1.807) is 6.07 Å². The molecule has 1 aromatic rings. The van der Waals surface area contributed by atoms with Gasteiger partial charge in [0.1, 0.15) is 5.82 Å². The Morgan fingerprint density at radius 3 is 2.67 bits per heavy atom. The molecule has 0 saturated heterocycles. The van der Waals surface area contributed by atoms with Crippen LogP contribution in [0.2, 0.25) is 0 Å². The summed E-state index contributed by atoms with van der Waals surface area (Å²) in [5, 5.41) is 9.30. The van der Waals surface area contributed by atoms with E-state index >= 15 is 0 Å². The number of rotatable bonds is 4. The molecule has 1 N–H and O–H groups in total. The summed E-state index contributed by atoms with van der Waals surface area (Å²) in [4.78, 5) is 2.15. The minimum Gasteiger partial charge on any atom is -0.392 e. The van der Waals surface area contributed by atoms with Crippen molar-refractivity contribution in [1.29, 1.82) is 0 Å². The van der Waals surface area contributed by atoms with Gasteiger partial charge < -0.3 is 10.0 Å². The van der Waals surface area contributed by atoms with E-state index in [-0.39, 0.29) is 12.4 Å². The minimum atomic E-state index is -0.283. The SMILES string of the molecule is CN(CC1CCCCC1)c1ccc(F)cc1CO. The van der Waals surface area contributed by atoms with Gasteiger partial charge in [0.15, 0.2) is 0 Å². The normalized spacial score (nSPS) is 16.8. The second-order valence-corrected chi connectivity index (χ2v) is 5.32. The Morgan fingerprint density at radius 2 is 2.00 bits per heavy atom. The van der Waals surface area contributed by atoms with E-state index in [2.05, 4.69) is 4.90 Å². The molecule has 0 radical (unpaired) electrons. The Balaban J connectivity index is 2.05. The highest BCUT2D eigenvalue weighted by Crippen LogP contribution is 2.27. The third-order valence-corrected chi connectivity index (χ3v) is 3.88. The molecule has 0 spiro atoms. The summed E-state index contributed by atoms with van der Waals surface area (Å²) >= 11 is 0. The fourth-order valence-corrected chi connectivity index (χ4v) is 2.91. The van der Waals surface area contributed by atoms with Gasteiger partial charge in [0.05, 0.1) is 6.61 Å². The quantitative estimate of drug-likeness (QED) is 0.887. The molecule has 0 heterocycles. The topological polar surface area (TPSA) is 23.5 Å². The standard InChI is InChI=1S/C15H22FNO/c1-17(10-12-5-3-2-4-6-12)15-8-7-14(16)9-13(15)11-18/h7-9,12,18H,2-6,10-11H2,1H3. The van der Waals surface area contributed by atoms with Gasteiger partial charge in [0.25, 0.3) is 0 Å². The summed E-state index contributed by atoms with van der Waals surface area (Å²) in [6, 6.07) is 4.66. The molecule has 18 heavy (non-hydrogen) atoms. The first-order chi connectivity index (χ1) is 8.70. The molecule has 2 nitrogen and oxygen atoms in total. The molecular weight excluding hydrogens is 229 g/mol. The summed E-state index contributed by atoms with van der Waals surface area (Å²) < 4.78 is 13.1. The number of nitrogens with zero attached hydrogens (tertiary/aromatic N) is 1. The van der Waals surface area contributed by atoms with Crippen LogP contribution in [-0.2, 0) is 6.61 Å². The van der Waals surface area contributed by atoms with Crippen LogP contribution >= 0.6 is 0 Å². The van der Waals surface area contributed by atoms with Crippen molar-refractivity contribution < 1.29 is 9.50 Å². The number of benzene rings is 1. The van der Waals surface area contributed by atoms with Crippen LogP contribution in [0.5, 0.6) is 0 Å². The molecule has 1 fully saturated rings. The van der Waals surface area contributed by atoms with Gasteiger partial charge in [-0.3, -0.25) is 0 Å². The molecule has 0 unspecified atom stereocenters. The van der Waals surface area contributed by atoms with Crippen LogP contribution in [0.3, 0.4) is 0 Å². The summed E-state index contributed by atoms with van der Waals surface area (Å²) in [7, 11) is 2.03. The van der Waals surface area contributed by atoms with Crippen LogP contribution in [0.15, 0.2) is 18.2 Å². The van der Waals surface area contributed by atoms with E-state index in [1.807, 2.05) is 7.05 Å². The first kappa shape index (κ1) is 13.3. The highest BCUT2D eigenvalue weighted by atomic mass is 19.1. The molecule has 0 bridgehead atoms. The second kappa shape index (κ2) is 6.19. The van der Waals surface area contributed by atoms with E-state index < -0.39 is 0 Å². The first-order valence-corrected chi connectivity index (χ1v) is 6.81. The van der Waals surface area contributed by atoms with Gasteiger partial charge in [-0.1, -0.05) is 19.3 Å². The third-order valence-electron chi connectivity index (χ3n) is 3.88. The van der Waals surface area contributed by atoms with Crippen molar-refractivity contribution in [3.8, 4) is 0 Å². The number of anilines is 1. The van der Waals surface area contributed by atoms with E-state index in [9.17, 15) is 9.50 Å². The van der Waals surface area contributed by atoms with E-state index in [0.29, 0.717) is 5.56 Å². The van der Waals surface area contributed by atoms with Crippen molar-refractivity contribution in [3.63, 3.8) is 0 Å². The highest BCUT2D eigenvalue weighted by molar-refractivity contribution is 5.53. The Morgan fingerprint density at radius 1 is 1.28 bits per heavy atom. The molecule has 0 atom stereocenters. The smallest absolute Gasteiger partial charge is 0.123 e. The van der Waals surface area contributed by atoms with Crippen LogP contribution in [0.1, 0.15) is 37.7 Å². The molecule has 0 aromatic heterocycles. The van der Waals surface area contributed by atoms with Crippen LogP contribution in [0.4, 0.5) is 10.1 Å². The van der Waals surface area contributed by atoms with E-state index in [1.165, 1.54) is 44.2 Å². The van der Waals surface area contributed by atoms with Gasteiger partial charge in [-0.25, -0.2) is 4.39 Å². The van der Waals surface area contributed by atoms with Crippen molar-refractivity contribution >= 4 is 5.69 Å². The maximum atomic E-state index is 13.1. The Bertz CT molecular complexity index is 388. The van der Waals surface area contributed by atoms with Crippen LogP contribution in [-0.4, -0.2) is 18.7 Å². The summed E-state index contributed by atoms with van der Waals surface area (Å²) in [5.74, 6) is 0.453. The average molecular weight is 251 g/mol. The molecule has 0 aliphatic heterocycles. The molecule has 1 aliphatic carbocycles. The zero-order valence-corrected chi connectivity index (χ0v) is 11.0. The zero-order valence-electron chi connectivity index (χ0n) is 11.0. The fraction of sp³-hybridized carbons (Fsp3) is 0.600. The summed E-state index contributed by atoms with van der Waals surface area (Å²) in [6.45, 7) is 0.890. The Hall–Kier alpha value is -1.09. The number of aliphatic hydroxyl groups excluding tert-OH is 1. The minimum absolute atomic E-state index is 0.109. The van der Waals surface area contributed by atoms with E-state index in [4.69, 9.17) is 0 Å². The van der Waals surface area contributed by atoms with Gasteiger partial charge in [0, 0.05) is 24.8 Å². The third kappa shape index (κ3) is 3.22. The number of aliphatic hydroxyl groups is 1. The monoisotopic (exact) mass is 251 g/mol. The lowest BCUT2D eigenvalue weighted by atomic mass is 9.89. The molecule has 1 aliphatic rings. The molecule has 2 rings (SSSR count). The van der Waals surface area contributed by atoms with Crippen molar-refractivity contribution in [2.24, 2.45) is 5.92 Å². The largest absolute Gasteiger partial charge is 0.392 e. The molecule has 1 saturated carbocycles. The lowest BCUT2D eigenvalue weighted by molar-refractivity contribution is 0.281. The van der Waals surface area contributed by atoms with Crippen LogP contribution in [0.25, 0.3) is 0 Å². The molecule has 0 amide bonds. The van der Waals surface area contributed by atoms with Crippen LogP contribution < -0.4 is 4.90 Å². The highest BCUT2D eigenvalue weighted by Gasteiger charge is 2.17. The van der Waals surface area contributed by atoms with Crippen molar-refractivity contribution in [3.05, 3.63) is 29.6 Å². The predicted molar refractivity (Wildman–Crippen MR) is 72.2 cm³/mol. The lowest BCUT2D eigenvalue weighted by Crippen LogP contribution is -2.27. The number of hydrogen-bond acceptors (Lipinski definition) is 2. The lowest BCUT2D eigenvalue weighted by Gasteiger charge is -2.29. The van der Waals surface area contributed by atoms with Crippen molar-refractivity contribution in [2.75, 3.05) is 18.5 Å². The molecular formula is C15H22FNO. The zero-order chi connectivity index (χ0) is 13.0. The van der Waals surface area contributed by atoms with Gasteiger partial charge in [-0.05, 0) is 37.0 Å². The Kier molecular flexibility index (Phi) is 4.59.